The van der Waals surface area contributed by atoms with E-state index in [1.807, 2.05) is 49.1 Å². The van der Waals surface area contributed by atoms with Crippen molar-refractivity contribution in [2.75, 3.05) is 19.6 Å². The van der Waals surface area contributed by atoms with Gasteiger partial charge in [-0.25, -0.2) is 9.87 Å². The molecule has 4 rings (SSSR count). The fraction of sp³-hybridized carbons (Fsp3) is 0.464. The van der Waals surface area contributed by atoms with E-state index < -0.39 is 23.1 Å². The lowest BCUT2D eigenvalue weighted by Crippen LogP contribution is -2.48. The van der Waals surface area contributed by atoms with Crippen LogP contribution in [0.25, 0.3) is 0 Å². The van der Waals surface area contributed by atoms with Gasteiger partial charge in [-0.3, -0.25) is 19.6 Å². The summed E-state index contributed by atoms with van der Waals surface area (Å²) in [6.07, 6.45) is 1.96. The number of carbonyl (C=O) groups is 3. The van der Waals surface area contributed by atoms with E-state index >= 15 is 0 Å². The number of rotatable bonds is 10. The van der Waals surface area contributed by atoms with Crippen molar-refractivity contribution in [3.8, 4) is 0 Å². The largest absolute Gasteiger partial charge is 0.342 e. The predicted molar refractivity (Wildman–Crippen MR) is 132 cm³/mol. The van der Waals surface area contributed by atoms with E-state index in [1.165, 1.54) is 12.1 Å². The van der Waals surface area contributed by atoms with Crippen LogP contribution < -0.4 is 5.48 Å². The van der Waals surface area contributed by atoms with Crippen molar-refractivity contribution in [3.63, 3.8) is 0 Å². The molecule has 2 aromatic carbocycles. The van der Waals surface area contributed by atoms with Crippen LogP contribution in [0.3, 0.4) is 0 Å². The zero-order valence-electron chi connectivity index (χ0n) is 20.9. The SMILES string of the molecule is CC(C)C[C@]1([C@H](CCN2Cc3ccc(F)cc3C2=O)C(=O)NO)CCN(CCc2ccccc2)C1=O. The van der Waals surface area contributed by atoms with Crippen LogP contribution in [0.15, 0.2) is 48.5 Å². The van der Waals surface area contributed by atoms with E-state index in [2.05, 4.69) is 0 Å². The Balaban J connectivity index is 1.52. The number of hydroxylamine groups is 1. The molecular weight excluding hydrogens is 461 g/mol. The molecule has 1 saturated heterocycles. The van der Waals surface area contributed by atoms with Crippen molar-refractivity contribution in [2.45, 2.75) is 46.1 Å². The molecule has 36 heavy (non-hydrogen) atoms. The third kappa shape index (κ3) is 5.14. The average molecular weight is 496 g/mol. The number of benzene rings is 2. The molecule has 0 radical (unpaired) electrons. The maximum Gasteiger partial charge on any atom is 0.254 e. The lowest BCUT2D eigenvalue weighted by Gasteiger charge is -2.37. The number of nitrogens with zero attached hydrogens (tertiary/aromatic N) is 2. The molecule has 3 amide bonds. The quantitative estimate of drug-likeness (QED) is 0.388. The van der Waals surface area contributed by atoms with E-state index in [0.717, 1.165) is 17.5 Å². The van der Waals surface area contributed by atoms with Crippen molar-refractivity contribution in [3.05, 3.63) is 71.0 Å². The fourth-order valence-corrected chi connectivity index (χ4v) is 5.90. The predicted octanol–water partition coefficient (Wildman–Crippen LogP) is 3.80. The van der Waals surface area contributed by atoms with Gasteiger partial charge in [0.05, 0.1) is 11.3 Å². The van der Waals surface area contributed by atoms with E-state index in [4.69, 9.17) is 0 Å². The van der Waals surface area contributed by atoms with Gasteiger partial charge >= 0.3 is 0 Å². The van der Waals surface area contributed by atoms with Gasteiger partial charge in [-0.15, -0.1) is 0 Å². The standard InChI is InChI=1S/C28H34FN3O4/c1-19(2)17-28(12-15-31(27(28)35)13-10-20-6-4-3-5-7-20)24(25(33)30-36)11-14-32-18-21-8-9-22(29)16-23(21)26(32)34/h3-9,16,19,24,36H,10-15,17-18H2,1-2H3,(H,30,33)/t24-,28+/m1/s1. The van der Waals surface area contributed by atoms with Gasteiger partial charge in [-0.1, -0.05) is 50.2 Å². The molecule has 2 aliphatic heterocycles. The molecule has 2 heterocycles. The van der Waals surface area contributed by atoms with Crippen LogP contribution in [0.1, 0.15) is 54.6 Å². The van der Waals surface area contributed by atoms with E-state index in [-0.39, 0.29) is 30.7 Å². The Morgan fingerprint density at radius 2 is 1.86 bits per heavy atom. The first-order chi connectivity index (χ1) is 17.2. The average Bonchev–Trinajstić information content (AvgIpc) is 3.34. The minimum absolute atomic E-state index is 0.0705. The molecule has 7 nitrogen and oxygen atoms in total. The molecule has 0 spiro atoms. The third-order valence-electron chi connectivity index (χ3n) is 7.56. The molecule has 8 heteroatoms. The second-order valence-electron chi connectivity index (χ2n) is 10.4. The lowest BCUT2D eigenvalue weighted by atomic mass is 9.67. The fourth-order valence-electron chi connectivity index (χ4n) is 5.90. The number of carbonyl (C=O) groups excluding carboxylic acids is 3. The lowest BCUT2D eigenvalue weighted by molar-refractivity contribution is -0.150. The maximum atomic E-state index is 13.9. The van der Waals surface area contributed by atoms with Gasteiger partial charge in [-0.2, -0.15) is 0 Å². The summed E-state index contributed by atoms with van der Waals surface area (Å²) in [6.45, 7) is 5.69. The second-order valence-corrected chi connectivity index (χ2v) is 10.4. The molecule has 2 aliphatic rings. The van der Waals surface area contributed by atoms with Gasteiger partial charge in [0.2, 0.25) is 11.8 Å². The summed E-state index contributed by atoms with van der Waals surface area (Å²) in [7, 11) is 0. The van der Waals surface area contributed by atoms with Gasteiger partial charge in [0.15, 0.2) is 0 Å². The molecule has 192 valence electrons. The van der Waals surface area contributed by atoms with Crippen LogP contribution in [0, 0.1) is 23.1 Å². The Morgan fingerprint density at radius 1 is 1.11 bits per heavy atom. The normalized spacial score (nSPS) is 20.2. The molecular formula is C28H34FN3O4. The summed E-state index contributed by atoms with van der Waals surface area (Å²) in [6, 6.07) is 14.1. The molecule has 0 bridgehead atoms. The molecule has 0 unspecified atom stereocenters. The van der Waals surface area contributed by atoms with Gasteiger partial charge < -0.3 is 9.80 Å². The van der Waals surface area contributed by atoms with E-state index in [9.17, 15) is 24.0 Å². The zero-order chi connectivity index (χ0) is 25.9. The maximum absolute atomic E-state index is 13.9. The molecule has 2 atom stereocenters. The van der Waals surface area contributed by atoms with Gasteiger partial charge in [0.25, 0.3) is 5.91 Å². The molecule has 1 fully saturated rings. The summed E-state index contributed by atoms with van der Waals surface area (Å²) >= 11 is 0. The van der Waals surface area contributed by atoms with Crippen LogP contribution in [-0.4, -0.2) is 52.4 Å². The Hall–Kier alpha value is -3.26. The Morgan fingerprint density at radius 3 is 2.56 bits per heavy atom. The van der Waals surface area contributed by atoms with Crippen molar-refractivity contribution < 1.29 is 24.0 Å². The van der Waals surface area contributed by atoms with Crippen LogP contribution in [0.5, 0.6) is 0 Å². The van der Waals surface area contributed by atoms with E-state index in [1.54, 1.807) is 16.4 Å². The number of amides is 3. The van der Waals surface area contributed by atoms with Crippen LogP contribution in [0.4, 0.5) is 4.39 Å². The Labute approximate surface area is 211 Å². The second kappa shape index (κ2) is 10.8. The molecule has 0 saturated carbocycles. The number of likely N-dealkylation sites (tertiary alicyclic amines) is 1. The number of fused-ring (bicyclic) bond motifs is 1. The highest BCUT2D eigenvalue weighted by molar-refractivity contribution is 5.98. The summed E-state index contributed by atoms with van der Waals surface area (Å²) in [4.78, 5) is 43.1. The van der Waals surface area contributed by atoms with Crippen molar-refractivity contribution >= 4 is 17.7 Å². The first-order valence-corrected chi connectivity index (χ1v) is 12.6. The van der Waals surface area contributed by atoms with Gasteiger partial charge in [0, 0.05) is 31.7 Å². The number of hydrogen-bond donors (Lipinski definition) is 2. The first kappa shape index (κ1) is 25.8. The minimum Gasteiger partial charge on any atom is -0.342 e. The molecule has 0 aromatic heterocycles. The highest BCUT2D eigenvalue weighted by Gasteiger charge is 2.54. The first-order valence-electron chi connectivity index (χ1n) is 12.6. The summed E-state index contributed by atoms with van der Waals surface area (Å²) in [5.74, 6) is -2.08. The van der Waals surface area contributed by atoms with Crippen molar-refractivity contribution in [2.24, 2.45) is 17.3 Å². The Kier molecular flexibility index (Phi) is 7.73. The number of nitrogens with one attached hydrogen (secondary N) is 1. The van der Waals surface area contributed by atoms with Crippen LogP contribution in [0.2, 0.25) is 0 Å². The van der Waals surface area contributed by atoms with Gasteiger partial charge in [0.1, 0.15) is 5.82 Å². The Bertz CT molecular complexity index is 1120. The topological polar surface area (TPSA) is 89.9 Å². The van der Waals surface area contributed by atoms with Gasteiger partial charge in [-0.05, 0) is 54.9 Å². The van der Waals surface area contributed by atoms with Crippen LogP contribution in [-0.2, 0) is 22.6 Å². The third-order valence-corrected chi connectivity index (χ3v) is 7.56. The minimum atomic E-state index is -0.959. The van der Waals surface area contributed by atoms with E-state index in [0.29, 0.717) is 38.0 Å². The summed E-state index contributed by atoms with van der Waals surface area (Å²) < 4.78 is 13.7. The molecule has 2 aromatic rings. The number of halogens is 1. The highest BCUT2D eigenvalue weighted by atomic mass is 19.1. The molecule has 2 N–H and O–H groups in total. The van der Waals surface area contributed by atoms with Crippen molar-refractivity contribution in [1.82, 2.24) is 15.3 Å². The molecule has 0 aliphatic carbocycles. The number of hydrogen-bond acceptors (Lipinski definition) is 4. The van der Waals surface area contributed by atoms with Crippen LogP contribution >= 0.6 is 0 Å². The smallest absolute Gasteiger partial charge is 0.254 e. The summed E-state index contributed by atoms with van der Waals surface area (Å²) in [5, 5.41) is 9.59. The van der Waals surface area contributed by atoms with Crippen molar-refractivity contribution in [1.29, 1.82) is 0 Å². The summed E-state index contributed by atoms with van der Waals surface area (Å²) in [5.41, 5.74) is 3.04. The monoisotopic (exact) mass is 495 g/mol. The zero-order valence-corrected chi connectivity index (χ0v) is 20.9. The highest BCUT2D eigenvalue weighted by Crippen LogP contribution is 2.46.